The van der Waals surface area contributed by atoms with Gasteiger partial charge in [-0.05, 0) is 136 Å². The van der Waals surface area contributed by atoms with Crippen molar-refractivity contribution in [2.75, 3.05) is 11.2 Å². The maximum atomic E-state index is 2.61. The summed E-state index contributed by atoms with van der Waals surface area (Å²) in [5, 5.41) is 5.35. The third-order valence-electron chi connectivity index (χ3n) is 12.9. The van der Waals surface area contributed by atoms with Crippen molar-refractivity contribution in [1.29, 1.82) is 0 Å². The van der Waals surface area contributed by atoms with Crippen LogP contribution in [0.3, 0.4) is 0 Å². The van der Waals surface area contributed by atoms with Crippen molar-refractivity contribution < 1.29 is 0 Å². The van der Waals surface area contributed by atoms with Crippen molar-refractivity contribution in [3.8, 4) is 11.1 Å². The zero-order chi connectivity index (χ0) is 44.2. The number of para-hydroxylation sites is 1. The van der Waals surface area contributed by atoms with Crippen LogP contribution in [0, 0.1) is 20.8 Å². The van der Waals surface area contributed by atoms with Gasteiger partial charge in [0.15, 0.2) is 0 Å². The molecule has 0 radical (unpaired) electrons. The minimum absolute atomic E-state index is 0.269. The molecule has 0 N–H and O–H groups in total. The summed E-state index contributed by atoms with van der Waals surface area (Å²) >= 11 is 1.83. The fourth-order valence-electron chi connectivity index (χ4n) is 9.80. The molecule has 64 heavy (non-hydrogen) atoms. The number of nitrogens with zero attached hydrogens (tertiary/aromatic N) is 1. The highest BCUT2D eigenvalue weighted by Crippen LogP contribution is 2.56. The van der Waals surface area contributed by atoms with E-state index in [2.05, 4.69) is 226 Å². The van der Waals surface area contributed by atoms with Crippen LogP contribution in [0.5, 0.6) is 0 Å². The molecule has 4 aliphatic rings. The fourth-order valence-corrected chi connectivity index (χ4v) is 10.4. The van der Waals surface area contributed by atoms with E-state index in [9.17, 15) is 0 Å². The van der Waals surface area contributed by atoms with Crippen LogP contribution in [0.4, 0.5) is 5.69 Å². The zero-order valence-electron chi connectivity index (χ0n) is 38.0. The normalized spacial score (nSPS) is 15.1. The lowest BCUT2D eigenvalue weighted by Crippen LogP contribution is -2.32. The first-order chi connectivity index (χ1) is 31.4. The van der Waals surface area contributed by atoms with Crippen LogP contribution < -0.4 is 4.90 Å². The third-order valence-corrected chi connectivity index (χ3v) is 13.7. The standard InChI is InChI=1S/C38H29NS.C11H12.C11H10.C2H6/c1-24-14-16-25(17-15-24)30-20-18-28(23-35(30)40-2)27-19-21-31-34(22-27)39(29-10-4-3-5-11-29)38-33-13-7-9-26-8-6-12-32(36(26)33)37(31)38;1-9-5-4-7-10-6-2-3-8-11(9)10;1-9-6-7-10-4-2-3-5-11(10)8-9;1-2/h3-21,23,34H,22H2,1-2H3;3-5,7-8H,2,6H2,1H3;2-8H,1H3;1-2H3. The Hall–Kier alpha value is -6.61. The zero-order valence-corrected chi connectivity index (χ0v) is 38.8. The van der Waals surface area contributed by atoms with Gasteiger partial charge in [-0.3, -0.25) is 0 Å². The van der Waals surface area contributed by atoms with Crippen LogP contribution in [-0.4, -0.2) is 12.3 Å². The predicted octanol–water partition coefficient (Wildman–Crippen LogP) is 17.2. The van der Waals surface area contributed by atoms with E-state index in [1.807, 2.05) is 25.6 Å². The number of hydrogen-bond acceptors (Lipinski definition) is 2. The highest BCUT2D eigenvalue weighted by Gasteiger charge is 2.43. The van der Waals surface area contributed by atoms with Crippen LogP contribution in [0.1, 0.15) is 71.2 Å². The molecule has 0 bridgehead atoms. The molecule has 0 aromatic heterocycles. The summed E-state index contributed by atoms with van der Waals surface area (Å²) in [4.78, 5) is 3.93. The first-order valence-electron chi connectivity index (χ1n) is 22.9. The van der Waals surface area contributed by atoms with Gasteiger partial charge in [-0.25, -0.2) is 0 Å². The Kier molecular flexibility index (Phi) is 12.7. The van der Waals surface area contributed by atoms with E-state index >= 15 is 0 Å². The van der Waals surface area contributed by atoms with E-state index < -0.39 is 0 Å². The molecule has 1 heterocycles. The number of benzene rings is 8. The average Bonchev–Trinajstić information content (AvgIpc) is 3.86. The Morgan fingerprint density at radius 1 is 0.562 bits per heavy atom. The van der Waals surface area contributed by atoms with Crippen molar-refractivity contribution in [2.24, 2.45) is 0 Å². The van der Waals surface area contributed by atoms with Crippen LogP contribution in [-0.2, 0) is 6.42 Å². The van der Waals surface area contributed by atoms with Gasteiger partial charge in [0.25, 0.3) is 0 Å². The molecule has 8 aromatic carbocycles. The largest absolute Gasteiger partial charge is 0.333 e. The second-order valence-corrected chi connectivity index (χ2v) is 17.7. The molecule has 1 atom stereocenters. The summed E-state index contributed by atoms with van der Waals surface area (Å²) in [7, 11) is 0. The molecule has 12 rings (SSSR count). The van der Waals surface area contributed by atoms with Gasteiger partial charge < -0.3 is 4.90 Å². The Labute approximate surface area is 385 Å². The van der Waals surface area contributed by atoms with Gasteiger partial charge in [0.1, 0.15) is 0 Å². The number of aryl methyl sites for hydroxylation is 4. The molecule has 8 aromatic rings. The van der Waals surface area contributed by atoms with Gasteiger partial charge in [-0.1, -0.05) is 201 Å². The number of rotatable bonds is 4. The predicted molar refractivity (Wildman–Crippen MR) is 281 cm³/mol. The Morgan fingerprint density at radius 3 is 2.02 bits per heavy atom. The number of fused-ring (bicyclic) bond motifs is 6. The Morgan fingerprint density at radius 2 is 1.25 bits per heavy atom. The quantitative estimate of drug-likeness (QED) is 0.162. The molecule has 0 amide bonds. The van der Waals surface area contributed by atoms with E-state index in [0.717, 1.165) is 6.42 Å². The van der Waals surface area contributed by atoms with Gasteiger partial charge >= 0.3 is 0 Å². The fraction of sp³-hybridized carbons (Fsp3) is 0.161. The second-order valence-electron chi connectivity index (χ2n) is 16.9. The SMILES string of the molecule is CC.CSc1cc(C2=CC=C3C4=C(c5cccc6cccc4c56)N(c4ccccc4)C3C2)ccc1-c1ccc(C)cc1.Cc1ccc2ccccc2c1.Cc1cccc2c1C=CCC2. The van der Waals surface area contributed by atoms with E-state index in [4.69, 9.17) is 0 Å². The minimum Gasteiger partial charge on any atom is -0.333 e. The maximum Gasteiger partial charge on any atom is 0.0639 e. The van der Waals surface area contributed by atoms with E-state index in [0.29, 0.717) is 0 Å². The van der Waals surface area contributed by atoms with Gasteiger partial charge in [-0.15, -0.1) is 11.8 Å². The second kappa shape index (κ2) is 19.0. The summed E-state index contributed by atoms with van der Waals surface area (Å²) in [6.45, 7) is 10.4. The number of allylic oxidation sites excluding steroid dienone is 3. The number of anilines is 1. The maximum absolute atomic E-state index is 2.61. The molecule has 316 valence electrons. The molecule has 0 fully saturated rings. The third kappa shape index (κ3) is 8.31. The minimum atomic E-state index is 0.269. The van der Waals surface area contributed by atoms with E-state index in [-0.39, 0.29) is 6.04 Å². The monoisotopic (exact) mass is 847 g/mol. The molecule has 0 saturated carbocycles. The molecule has 1 nitrogen and oxygen atoms in total. The van der Waals surface area contributed by atoms with E-state index in [1.54, 1.807) is 0 Å². The molecule has 0 spiro atoms. The van der Waals surface area contributed by atoms with Crippen LogP contribution in [0.2, 0.25) is 0 Å². The van der Waals surface area contributed by atoms with Crippen molar-refractivity contribution in [1.82, 2.24) is 0 Å². The molecular weight excluding hydrogens is 791 g/mol. The Balaban J connectivity index is 0.000000175. The number of hydrogen-bond donors (Lipinski definition) is 0. The Bertz CT molecular complexity index is 3100. The summed E-state index contributed by atoms with van der Waals surface area (Å²) in [6, 6.07) is 62.1. The molecule has 3 aliphatic carbocycles. The summed E-state index contributed by atoms with van der Waals surface area (Å²) in [5.41, 5.74) is 20.5. The van der Waals surface area contributed by atoms with Gasteiger partial charge in [0, 0.05) is 21.7 Å². The molecule has 2 heteroatoms. The lowest BCUT2D eigenvalue weighted by atomic mass is 9.85. The van der Waals surface area contributed by atoms with Gasteiger partial charge in [-0.2, -0.15) is 0 Å². The summed E-state index contributed by atoms with van der Waals surface area (Å²) in [5.74, 6) is 0. The molecular formula is C62H57NS. The molecule has 1 aliphatic heterocycles. The van der Waals surface area contributed by atoms with Crippen LogP contribution in [0.25, 0.3) is 55.6 Å². The van der Waals surface area contributed by atoms with Gasteiger partial charge in [0.05, 0.1) is 11.7 Å². The molecule has 1 unspecified atom stereocenters. The van der Waals surface area contributed by atoms with Crippen molar-refractivity contribution >= 4 is 61.9 Å². The summed E-state index contributed by atoms with van der Waals surface area (Å²) < 4.78 is 0. The van der Waals surface area contributed by atoms with Crippen molar-refractivity contribution in [3.63, 3.8) is 0 Å². The van der Waals surface area contributed by atoms with Crippen molar-refractivity contribution in [3.05, 3.63) is 238 Å². The number of thioether (sulfide) groups is 1. The van der Waals surface area contributed by atoms with Crippen molar-refractivity contribution in [2.45, 2.75) is 64.8 Å². The first kappa shape index (κ1) is 42.7. The lowest BCUT2D eigenvalue weighted by Gasteiger charge is -2.33. The van der Waals surface area contributed by atoms with Crippen LogP contribution in [0.15, 0.2) is 199 Å². The smallest absolute Gasteiger partial charge is 0.0639 e. The van der Waals surface area contributed by atoms with E-state index in [1.165, 1.54) is 123 Å². The highest BCUT2D eigenvalue weighted by atomic mass is 32.2. The topological polar surface area (TPSA) is 3.24 Å². The van der Waals surface area contributed by atoms with Crippen LogP contribution >= 0.6 is 11.8 Å². The van der Waals surface area contributed by atoms with Gasteiger partial charge in [0.2, 0.25) is 0 Å². The lowest BCUT2D eigenvalue weighted by molar-refractivity contribution is 0.796. The molecule has 0 saturated heterocycles. The summed E-state index contributed by atoms with van der Waals surface area (Å²) in [6.07, 6.45) is 14.9. The highest BCUT2D eigenvalue weighted by molar-refractivity contribution is 7.98. The average molecular weight is 848 g/mol. The first-order valence-corrected chi connectivity index (χ1v) is 24.2.